The number of hydrogen-bond acceptors (Lipinski definition) is 7. The van der Waals surface area contributed by atoms with Crippen LogP contribution in [0.3, 0.4) is 0 Å². The van der Waals surface area contributed by atoms with Crippen LogP contribution in [0, 0.1) is 0 Å². The molecule has 8 nitrogen and oxygen atoms in total. The van der Waals surface area contributed by atoms with Crippen molar-refractivity contribution in [3.8, 4) is 11.5 Å². The van der Waals surface area contributed by atoms with E-state index in [2.05, 4.69) is 139 Å². The van der Waals surface area contributed by atoms with E-state index in [4.69, 9.17) is 9.16 Å². The minimum Gasteiger partial charge on any atom is -0.534 e. The molecule has 296 valence electrons. The summed E-state index contributed by atoms with van der Waals surface area (Å²) in [6.45, 7) is 10.4. The Morgan fingerprint density at radius 2 is 1.46 bits per heavy atom. The van der Waals surface area contributed by atoms with Crippen molar-refractivity contribution in [2.24, 2.45) is 0 Å². The first-order chi connectivity index (χ1) is 27.2. The molecule has 10 heteroatoms. The number of hydrogen-bond donors (Lipinski definition) is 4. The number of urea groups is 1. The Morgan fingerprint density at radius 3 is 2.07 bits per heavy atom. The lowest BCUT2D eigenvalue weighted by molar-refractivity contribution is 0.106. The van der Waals surface area contributed by atoms with E-state index in [1.807, 2.05) is 29.2 Å². The summed E-state index contributed by atoms with van der Waals surface area (Å²) < 4.78 is 13.1. The topological polar surface area (TPSA) is 95.1 Å². The predicted molar refractivity (Wildman–Crippen MR) is 233 cm³/mol. The molecule has 2 heterocycles. The lowest BCUT2D eigenvalue weighted by Gasteiger charge is -2.43. The van der Waals surface area contributed by atoms with Gasteiger partial charge < -0.3 is 35.1 Å². The highest BCUT2D eigenvalue weighted by Crippen LogP contribution is 2.38. The number of anilines is 1. The van der Waals surface area contributed by atoms with Crippen LogP contribution in [0.15, 0.2) is 127 Å². The van der Waals surface area contributed by atoms with Crippen molar-refractivity contribution in [2.75, 3.05) is 44.6 Å². The van der Waals surface area contributed by atoms with Crippen LogP contribution in [-0.2, 0) is 12.8 Å². The molecule has 56 heavy (non-hydrogen) atoms. The summed E-state index contributed by atoms with van der Waals surface area (Å²) in [5, 5.41) is 25.2. The van der Waals surface area contributed by atoms with Crippen LogP contribution in [0.4, 0.5) is 10.5 Å². The number of likely N-dealkylation sites (tertiary alicyclic amines) is 1. The van der Waals surface area contributed by atoms with Gasteiger partial charge in [0.2, 0.25) is 0 Å². The first-order valence-electron chi connectivity index (χ1n) is 20.0. The SMILES string of the molecule is CC(C)(C)[Si](Oc1ccc(OC[C@@H](O)CNCCc2ccc(NC3CCN(C(=O)NCCCc4cccs4)CC3)cc2)cc1)(c1ccccc1)c1ccccc1. The van der Waals surface area contributed by atoms with E-state index < -0.39 is 14.4 Å². The monoisotopic (exact) mass is 790 g/mol. The molecule has 1 aliphatic heterocycles. The summed E-state index contributed by atoms with van der Waals surface area (Å²) in [4.78, 5) is 15.9. The molecule has 0 radical (unpaired) electrons. The van der Waals surface area contributed by atoms with Gasteiger partial charge in [0.1, 0.15) is 24.2 Å². The zero-order valence-corrected chi connectivity index (χ0v) is 34.9. The lowest BCUT2D eigenvalue weighted by atomic mass is 10.0. The Labute approximate surface area is 338 Å². The van der Waals surface area contributed by atoms with Gasteiger partial charge >= 0.3 is 14.3 Å². The standard InChI is InChI=1S/C46H58N4O4SSi/c1-46(2,3)56(43-14-6-4-7-15-43,44-16-8-5-9-17-44)54-41-24-22-40(23-25-41)53-35-39(51)34-47-30-26-36-18-20-37(21-19-36)49-38-27-31-50(32-28-38)45(52)48-29-10-12-42-13-11-33-55-42/h4-9,11,13-25,33,38-39,47,49,51H,10,12,26-32,34-35H2,1-3H3,(H,48,52)/t39-/m0/s1. The Kier molecular flexibility index (Phi) is 14.7. The molecule has 0 aliphatic carbocycles. The van der Waals surface area contributed by atoms with Crippen LogP contribution in [0.1, 0.15) is 50.5 Å². The van der Waals surface area contributed by atoms with E-state index in [-0.39, 0.29) is 17.7 Å². The highest BCUT2D eigenvalue weighted by molar-refractivity contribution is 7.09. The first kappa shape index (κ1) is 41.0. The van der Waals surface area contributed by atoms with Crippen molar-refractivity contribution in [2.45, 2.75) is 70.1 Å². The van der Waals surface area contributed by atoms with Gasteiger partial charge in [-0.15, -0.1) is 11.3 Å². The third kappa shape index (κ3) is 11.2. The van der Waals surface area contributed by atoms with Crippen molar-refractivity contribution < 1.29 is 19.1 Å². The van der Waals surface area contributed by atoms with Crippen LogP contribution >= 0.6 is 11.3 Å². The Balaban J connectivity index is 0.879. The summed E-state index contributed by atoms with van der Waals surface area (Å²) in [5.41, 5.74) is 2.34. The number of benzene rings is 4. The average molecular weight is 791 g/mol. The summed E-state index contributed by atoms with van der Waals surface area (Å²) in [6.07, 6.45) is 4.07. The fourth-order valence-electron chi connectivity index (χ4n) is 7.44. The van der Waals surface area contributed by atoms with Crippen LogP contribution in [0.25, 0.3) is 0 Å². The van der Waals surface area contributed by atoms with Crippen LogP contribution in [0.5, 0.6) is 11.5 Å². The quantitative estimate of drug-likeness (QED) is 0.0544. The van der Waals surface area contributed by atoms with Crippen LogP contribution < -0.4 is 35.5 Å². The van der Waals surface area contributed by atoms with E-state index in [1.54, 1.807) is 11.3 Å². The predicted octanol–water partition coefficient (Wildman–Crippen LogP) is 7.48. The molecule has 2 amide bonds. The first-order valence-corrected chi connectivity index (χ1v) is 22.8. The van der Waals surface area contributed by atoms with Gasteiger partial charge in [-0.3, -0.25) is 0 Å². The molecule has 4 aromatic carbocycles. The summed E-state index contributed by atoms with van der Waals surface area (Å²) in [7, 11) is -2.72. The molecular weight excluding hydrogens is 733 g/mol. The summed E-state index contributed by atoms with van der Waals surface area (Å²) in [6, 6.07) is 42.2. The second-order valence-electron chi connectivity index (χ2n) is 15.7. The summed E-state index contributed by atoms with van der Waals surface area (Å²) >= 11 is 1.77. The number of rotatable bonds is 18. The number of aryl methyl sites for hydroxylation is 1. The molecule has 1 saturated heterocycles. The maximum Gasteiger partial charge on any atom is 0.319 e. The third-order valence-electron chi connectivity index (χ3n) is 10.5. The summed E-state index contributed by atoms with van der Waals surface area (Å²) in [5.74, 6) is 1.50. The molecule has 0 saturated carbocycles. The molecule has 1 aromatic heterocycles. The van der Waals surface area contributed by atoms with Crippen molar-refractivity contribution >= 4 is 41.7 Å². The number of ether oxygens (including phenoxy) is 1. The second kappa shape index (κ2) is 20.0. The Bertz CT molecular complexity index is 1840. The lowest BCUT2D eigenvalue weighted by Crippen LogP contribution is -2.68. The fourth-order valence-corrected chi connectivity index (χ4v) is 12.6. The molecule has 1 aliphatic rings. The minimum atomic E-state index is -2.72. The zero-order valence-electron chi connectivity index (χ0n) is 33.1. The molecule has 0 bridgehead atoms. The van der Waals surface area contributed by atoms with Gasteiger partial charge in [-0.05, 0) is 107 Å². The van der Waals surface area contributed by atoms with Gasteiger partial charge in [-0.2, -0.15) is 0 Å². The van der Waals surface area contributed by atoms with Crippen molar-refractivity contribution in [3.63, 3.8) is 0 Å². The maximum atomic E-state index is 12.6. The van der Waals surface area contributed by atoms with Gasteiger partial charge in [0, 0.05) is 42.8 Å². The number of aliphatic hydroxyl groups is 1. The molecule has 6 rings (SSSR count). The highest BCUT2D eigenvalue weighted by Gasteiger charge is 2.52. The van der Waals surface area contributed by atoms with E-state index >= 15 is 0 Å². The van der Waals surface area contributed by atoms with Gasteiger partial charge in [0.25, 0.3) is 0 Å². The molecule has 1 atom stereocenters. The number of piperidine rings is 1. The molecule has 0 unspecified atom stereocenters. The Hall–Kier alpha value is -4.61. The molecule has 4 N–H and O–H groups in total. The molecular formula is C46H58N4O4SSi. The van der Waals surface area contributed by atoms with Crippen molar-refractivity contribution in [3.05, 3.63) is 137 Å². The normalized spacial score (nSPS) is 14.2. The van der Waals surface area contributed by atoms with Crippen molar-refractivity contribution in [1.29, 1.82) is 0 Å². The maximum absolute atomic E-state index is 12.6. The Morgan fingerprint density at radius 1 is 0.821 bits per heavy atom. The van der Waals surface area contributed by atoms with Gasteiger partial charge in [0.05, 0.1) is 0 Å². The highest BCUT2D eigenvalue weighted by atomic mass is 32.1. The number of nitrogens with zero attached hydrogens (tertiary/aromatic N) is 1. The fraction of sp³-hybridized carbons (Fsp3) is 0.370. The van der Waals surface area contributed by atoms with E-state index in [1.165, 1.54) is 20.8 Å². The van der Waals surface area contributed by atoms with Gasteiger partial charge in [-0.1, -0.05) is 99.6 Å². The molecule has 0 spiro atoms. The van der Waals surface area contributed by atoms with E-state index in [0.717, 1.165) is 63.2 Å². The smallest absolute Gasteiger partial charge is 0.319 e. The number of thiophene rings is 1. The minimum absolute atomic E-state index is 0.0520. The van der Waals surface area contributed by atoms with Gasteiger partial charge in [-0.25, -0.2) is 4.79 Å². The third-order valence-corrected chi connectivity index (χ3v) is 16.4. The number of aliphatic hydroxyl groups excluding tert-OH is 1. The van der Waals surface area contributed by atoms with Gasteiger partial charge in [0.15, 0.2) is 0 Å². The number of carbonyl (C=O) groups excluding carboxylic acids is 1. The zero-order chi connectivity index (χ0) is 39.2. The largest absolute Gasteiger partial charge is 0.534 e. The number of carbonyl (C=O) groups is 1. The average Bonchev–Trinajstić information content (AvgIpc) is 3.75. The van der Waals surface area contributed by atoms with E-state index in [0.29, 0.717) is 24.9 Å². The van der Waals surface area contributed by atoms with E-state index in [9.17, 15) is 9.90 Å². The van der Waals surface area contributed by atoms with Crippen molar-refractivity contribution in [1.82, 2.24) is 15.5 Å². The molecule has 5 aromatic rings. The number of amides is 2. The van der Waals surface area contributed by atoms with Crippen LogP contribution in [-0.4, -0.2) is 75.8 Å². The van der Waals surface area contributed by atoms with Crippen LogP contribution in [0.2, 0.25) is 5.04 Å². The molecule has 1 fully saturated rings. The number of nitrogens with one attached hydrogen (secondary N) is 3. The second-order valence-corrected chi connectivity index (χ2v) is 20.9.